The summed E-state index contributed by atoms with van der Waals surface area (Å²) in [4.78, 5) is 2.45. The lowest BCUT2D eigenvalue weighted by atomic mass is 10.2. The van der Waals surface area contributed by atoms with Gasteiger partial charge in [0.25, 0.3) is 0 Å². The van der Waals surface area contributed by atoms with Crippen LogP contribution in [0.1, 0.15) is 18.4 Å². The lowest BCUT2D eigenvalue weighted by molar-refractivity contribution is 0.105. The summed E-state index contributed by atoms with van der Waals surface area (Å²) in [5, 5.41) is 0. The van der Waals surface area contributed by atoms with Crippen molar-refractivity contribution in [2.45, 2.75) is 31.5 Å². The molecule has 15 heavy (non-hydrogen) atoms. The number of hydrogen-bond acceptors (Lipinski definition) is 2. The lowest BCUT2D eigenvalue weighted by Gasteiger charge is -2.26. The molecule has 2 nitrogen and oxygen atoms in total. The molecule has 1 heterocycles. The normalized spacial score (nSPS) is 24.4. The Morgan fingerprint density at radius 3 is 2.87 bits per heavy atom. The van der Waals surface area contributed by atoms with E-state index in [1.54, 1.807) is 7.11 Å². The summed E-state index contributed by atoms with van der Waals surface area (Å²) in [6.07, 6.45) is 3.90. The summed E-state index contributed by atoms with van der Waals surface area (Å²) < 4.78 is 6.72. The second-order valence-electron chi connectivity index (χ2n) is 4.31. The molecule has 0 spiro atoms. The maximum Gasteiger partial charge on any atom is 0.134 e. The van der Waals surface area contributed by atoms with Crippen molar-refractivity contribution in [1.82, 2.24) is 0 Å². The second kappa shape index (κ2) is 3.49. The highest BCUT2D eigenvalue weighted by Gasteiger charge is 2.39. The molecular formula is C12H14BrNO. The third-order valence-electron chi connectivity index (χ3n) is 3.24. The van der Waals surface area contributed by atoms with Gasteiger partial charge in [0.05, 0.1) is 0 Å². The minimum Gasteiger partial charge on any atom is -0.361 e. The summed E-state index contributed by atoms with van der Waals surface area (Å²) in [5.41, 5.74) is 2.77. The van der Waals surface area contributed by atoms with E-state index < -0.39 is 0 Å². The highest BCUT2D eigenvalue weighted by Crippen LogP contribution is 2.41. The summed E-state index contributed by atoms with van der Waals surface area (Å²) in [6.45, 7) is 0. The highest BCUT2D eigenvalue weighted by atomic mass is 79.9. The summed E-state index contributed by atoms with van der Waals surface area (Å²) in [5.74, 6) is 0. The average molecular weight is 268 g/mol. The zero-order chi connectivity index (χ0) is 10.4. The standard InChI is InChI=1S/C12H14BrNO/c1-15-12-7-8-6-9(13)2-5-11(8)14(12)10-3-4-10/h2,5-6,10,12H,3-4,7H2,1H3. The van der Waals surface area contributed by atoms with Gasteiger partial charge in [-0.3, -0.25) is 0 Å². The molecule has 0 N–H and O–H groups in total. The van der Waals surface area contributed by atoms with Crippen molar-refractivity contribution in [3.63, 3.8) is 0 Å². The fourth-order valence-electron chi connectivity index (χ4n) is 2.39. The van der Waals surface area contributed by atoms with Crippen LogP contribution in [0.5, 0.6) is 0 Å². The van der Waals surface area contributed by atoms with Gasteiger partial charge in [-0.1, -0.05) is 15.9 Å². The van der Waals surface area contributed by atoms with Crippen LogP contribution >= 0.6 is 15.9 Å². The van der Waals surface area contributed by atoms with Crippen LogP contribution in [0.2, 0.25) is 0 Å². The van der Waals surface area contributed by atoms with Gasteiger partial charge in [-0.15, -0.1) is 0 Å². The Morgan fingerprint density at radius 1 is 1.40 bits per heavy atom. The number of nitrogens with zero attached hydrogens (tertiary/aromatic N) is 1. The Hall–Kier alpha value is -0.540. The molecule has 0 bridgehead atoms. The molecule has 1 fully saturated rings. The first-order chi connectivity index (χ1) is 7.29. The van der Waals surface area contributed by atoms with Crippen LogP contribution in [-0.4, -0.2) is 19.4 Å². The summed E-state index contributed by atoms with van der Waals surface area (Å²) in [6, 6.07) is 7.25. The van der Waals surface area contributed by atoms with Crippen LogP contribution in [0.3, 0.4) is 0 Å². The van der Waals surface area contributed by atoms with Gasteiger partial charge in [0.2, 0.25) is 0 Å². The molecule has 1 saturated carbocycles. The van der Waals surface area contributed by atoms with Crippen molar-refractivity contribution in [2.75, 3.05) is 12.0 Å². The van der Waals surface area contributed by atoms with Gasteiger partial charge in [0, 0.05) is 29.7 Å². The number of ether oxygens (including phenoxy) is 1. The SMILES string of the molecule is COC1Cc2cc(Br)ccc2N1C1CC1. The van der Waals surface area contributed by atoms with Crippen molar-refractivity contribution < 1.29 is 4.74 Å². The first-order valence-corrected chi connectivity index (χ1v) is 6.18. The third kappa shape index (κ3) is 1.58. The van der Waals surface area contributed by atoms with Crippen LogP contribution in [0, 0.1) is 0 Å². The molecule has 2 aliphatic rings. The highest BCUT2D eigenvalue weighted by molar-refractivity contribution is 9.10. The van der Waals surface area contributed by atoms with Gasteiger partial charge in [-0.25, -0.2) is 0 Å². The molecule has 0 radical (unpaired) electrons. The van der Waals surface area contributed by atoms with Gasteiger partial charge in [0.15, 0.2) is 0 Å². The van der Waals surface area contributed by atoms with E-state index in [9.17, 15) is 0 Å². The van der Waals surface area contributed by atoms with Crippen molar-refractivity contribution in [3.8, 4) is 0 Å². The van der Waals surface area contributed by atoms with E-state index in [1.165, 1.54) is 24.1 Å². The van der Waals surface area contributed by atoms with Crippen molar-refractivity contribution in [3.05, 3.63) is 28.2 Å². The number of rotatable bonds is 2. The smallest absolute Gasteiger partial charge is 0.134 e. The predicted molar refractivity (Wildman–Crippen MR) is 64.1 cm³/mol. The van der Waals surface area contributed by atoms with E-state index in [-0.39, 0.29) is 6.23 Å². The number of fused-ring (bicyclic) bond motifs is 1. The molecule has 0 saturated heterocycles. The zero-order valence-corrected chi connectivity index (χ0v) is 10.3. The van der Waals surface area contributed by atoms with Crippen molar-refractivity contribution in [2.24, 2.45) is 0 Å². The number of anilines is 1. The van der Waals surface area contributed by atoms with E-state index in [0.29, 0.717) is 0 Å². The van der Waals surface area contributed by atoms with Crippen molar-refractivity contribution in [1.29, 1.82) is 0 Å². The van der Waals surface area contributed by atoms with E-state index in [4.69, 9.17) is 4.74 Å². The van der Waals surface area contributed by atoms with Crippen LogP contribution in [0.15, 0.2) is 22.7 Å². The Bertz CT molecular complexity index is 389. The van der Waals surface area contributed by atoms with E-state index in [1.807, 2.05) is 0 Å². The Kier molecular flexibility index (Phi) is 2.25. The largest absolute Gasteiger partial charge is 0.361 e. The maximum atomic E-state index is 5.56. The third-order valence-corrected chi connectivity index (χ3v) is 3.73. The quantitative estimate of drug-likeness (QED) is 0.817. The van der Waals surface area contributed by atoms with Crippen molar-refractivity contribution >= 4 is 21.6 Å². The first-order valence-electron chi connectivity index (χ1n) is 5.39. The molecule has 1 unspecified atom stereocenters. The zero-order valence-electron chi connectivity index (χ0n) is 8.74. The molecule has 1 aliphatic carbocycles. The predicted octanol–water partition coefficient (Wildman–Crippen LogP) is 2.95. The Labute approximate surface area is 98.4 Å². The summed E-state index contributed by atoms with van der Waals surface area (Å²) in [7, 11) is 1.81. The number of methoxy groups -OCH3 is 1. The molecule has 3 rings (SSSR count). The van der Waals surface area contributed by atoms with Crippen LogP contribution in [-0.2, 0) is 11.2 Å². The van der Waals surface area contributed by atoms with Crippen LogP contribution < -0.4 is 4.90 Å². The minimum absolute atomic E-state index is 0.252. The fraction of sp³-hybridized carbons (Fsp3) is 0.500. The number of halogens is 1. The van der Waals surface area contributed by atoms with Gasteiger partial charge in [-0.05, 0) is 36.6 Å². The second-order valence-corrected chi connectivity index (χ2v) is 5.22. The van der Waals surface area contributed by atoms with E-state index in [0.717, 1.165) is 16.9 Å². The molecule has 1 aromatic rings. The summed E-state index contributed by atoms with van der Waals surface area (Å²) >= 11 is 3.52. The Morgan fingerprint density at radius 2 is 2.20 bits per heavy atom. The monoisotopic (exact) mass is 267 g/mol. The van der Waals surface area contributed by atoms with E-state index >= 15 is 0 Å². The van der Waals surface area contributed by atoms with Gasteiger partial charge in [0.1, 0.15) is 6.23 Å². The number of benzene rings is 1. The topological polar surface area (TPSA) is 12.5 Å². The Balaban J connectivity index is 2.00. The molecule has 80 valence electrons. The molecular weight excluding hydrogens is 254 g/mol. The minimum atomic E-state index is 0.252. The van der Waals surface area contributed by atoms with Crippen LogP contribution in [0.25, 0.3) is 0 Å². The van der Waals surface area contributed by atoms with Gasteiger partial charge in [-0.2, -0.15) is 0 Å². The molecule has 0 amide bonds. The molecule has 1 aliphatic heterocycles. The van der Waals surface area contributed by atoms with E-state index in [2.05, 4.69) is 39.0 Å². The van der Waals surface area contributed by atoms with Crippen LogP contribution in [0.4, 0.5) is 5.69 Å². The van der Waals surface area contributed by atoms with Gasteiger partial charge >= 0.3 is 0 Å². The first kappa shape index (κ1) is 9.67. The lowest BCUT2D eigenvalue weighted by Crippen LogP contribution is -2.35. The fourth-order valence-corrected chi connectivity index (χ4v) is 2.80. The molecule has 1 aromatic carbocycles. The molecule has 3 heteroatoms. The maximum absolute atomic E-state index is 5.56. The molecule has 0 aromatic heterocycles. The average Bonchev–Trinajstić information content (AvgIpc) is 2.99. The molecule has 1 atom stereocenters. The van der Waals surface area contributed by atoms with Gasteiger partial charge < -0.3 is 9.64 Å². The number of hydrogen-bond donors (Lipinski definition) is 0.